The van der Waals surface area contributed by atoms with Crippen molar-refractivity contribution in [2.24, 2.45) is 0 Å². The number of amides is 1. The second-order valence-corrected chi connectivity index (χ2v) is 6.68. The van der Waals surface area contributed by atoms with E-state index in [0.29, 0.717) is 19.4 Å². The number of aromatic carboxylic acids is 1. The molecule has 0 radical (unpaired) electrons. The molecule has 0 aliphatic carbocycles. The van der Waals surface area contributed by atoms with Gasteiger partial charge in [-0.15, -0.1) is 0 Å². The predicted molar refractivity (Wildman–Crippen MR) is 109 cm³/mol. The topological polar surface area (TPSA) is 66.4 Å². The van der Waals surface area contributed by atoms with Gasteiger partial charge in [-0.05, 0) is 35.2 Å². The average Bonchev–Trinajstić information content (AvgIpc) is 2.73. The molecule has 3 aromatic carbocycles. The number of hydrogen-bond acceptors (Lipinski definition) is 2. The summed E-state index contributed by atoms with van der Waals surface area (Å²) < 4.78 is 0. The van der Waals surface area contributed by atoms with Crippen LogP contribution >= 0.6 is 0 Å². The molecule has 2 N–H and O–H groups in total. The van der Waals surface area contributed by atoms with Gasteiger partial charge in [0.15, 0.2) is 0 Å². The Balaban J connectivity index is 1.59. The minimum atomic E-state index is -0.937. The molecule has 0 aliphatic rings. The maximum atomic E-state index is 12.5. The molecule has 1 amide bonds. The number of benzene rings is 3. The van der Waals surface area contributed by atoms with Crippen LogP contribution in [0.3, 0.4) is 0 Å². The monoisotopic (exact) mass is 373 g/mol. The third kappa shape index (κ3) is 5.30. The Kier molecular flexibility index (Phi) is 6.58. The van der Waals surface area contributed by atoms with Gasteiger partial charge in [-0.1, -0.05) is 72.8 Å². The zero-order chi connectivity index (χ0) is 19.8. The van der Waals surface area contributed by atoms with Gasteiger partial charge >= 0.3 is 5.97 Å². The standard InChI is InChI=1S/C24H23NO3/c26-23(25-16-15-18-11-13-21(14-12-18)24(27)28)17-22(19-7-3-1-4-8-19)20-9-5-2-6-10-20/h1-14,22H,15-17H2,(H,25,26)(H,27,28). The highest BCUT2D eigenvalue weighted by Gasteiger charge is 2.17. The number of nitrogens with one attached hydrogen (secondary N) is 1. The molecule has 4 nitrogen and oxygen atoms in total. The van der Waals surface area contributed by atoms with E-state index in [1.165, 1.54) is 0 Å². The Morgan fingerprint density at radius 3 is 1.82 bits per heavy atom. The summed E-state index contributed by atoms with van der Waals surface area (Å²) in [5, 5.41) is 11.9. The molecule has 0 aromatic heterocycles. The molecule has 3 rings (SSSR count). The van der Waals surface area contributed by atoms with Crippen molar-refractivity contribution in [3.05, 3.63) is 107 Å². The van der Waals surface area contributed by atoms with Crippen LogP contribution in [0.15, 0.2) is 84.9 Å². The van der Waals surface area contributed by atoms with Gasteiger partial charge in [0.1, 0.15) is 0 Å². The lowest BCUT2D eigenvalue weighted by Crippen LogP contribution is -2.27. The third-order valence-electron chi connectivity index (χ3n) is 4.73. The first-order valence-corrected chi connectivity index (χ1v) is 9.32. The van der Waals surface area contributed by atoms with E-state index in [4.69, 9.17) is 5.11 Å². The summed E-state index contributed by atoms with van der Waals surface area (Å²) in [5.74, 6) is -0.926. The predicted octanol–water partition coefficient (Wildman–Crippen LogP) is 4.27. The van der Waals surface area contributed by atoms with Gasteiger partial charge in [0.2, 0.25) is 5.91 Å². The van der Waals surface area contributed by atoms with E-state index in [2.05, 4.69) is 29.6 Å². The van der Waals surface area contributed by atoms with Crippen LogP contribution in [-0.2, 0) is 11.2 Å². The lowest BCUT2D eigenvalue weighted by atomic mass is 9.88. The molecule has 3 aromatic rings. The zero-order valence-corrected chi connectivity index (χ0v) is 15.5. The third-order valence-corrected chi connectivity index (χ3v) is 4.73. The van der Waals surface area contributed by atoms with Crippen LogP contribution in [-0.4, -0.2) is 23.5 Å². The van der Waals surface area contributed by atoms with Crippen LogP contribution < -0.4 is 5.32 Å². The van der Waals surface area contributed by atoms with E-state index in [1.807, 2.05) is 36.4 Å². The quantitative estimate of drug-likeness (QED) is 0.620. The molecule has 0 saturated heterocycles. The molecule has 0 bridgehead atoms. The van der Waals surface area contributed by atoms with Crippen molar-refractivity contribution >= 4 is 11.9 Å². The second-order valence-electron chi connectivity index (χ2n) is 6.68. The largest absolute Gasteiger partial charge is 0.478 e. The fraction of sp³-hybridized carbons (Fsp3) is 0.167. The Bertz CT molecular complexity index is 866. The van der Waals surface area contributed by atoms with Gasteiger partial charge < -0.3 is 10.4 Å². The maximum Gasteiger partial charge on any atom is 0.335 e. The molecule has 0 heterocycles. The van der Waals surface area contributed by atoms with Gasteiger partial charge in [-0.3, -0.25) is 4.79 Å². The molecule has 142 valence electrons. The van der Waals surface area contributed by atoms with Crippen LogP contribution in [0.1, 0.15) is 39.4 Å². The van der Waals surface area contributed by atoms with E-state index in [0.717, 1.165) is 16.7 Å². The van der Waals surface area contributed by atoms with Gasteiger partial charge in [0.25, 0.3) is 0 Å². The molecule has 0 unspecified atom stereocenters. The molecule has 0 fully saturated rings. The van der Waals surface area contributed by atoms with Crippen LogP contribution in [0.2, 0.25) is 0 Å². The highest BCUT2D eigenvalue weighted by atomic mass is 16.4. The summed E-state index contributed by atoms with van der Waals surface area (Å²) >= 11 is 0. The van der Waals surface area contributed by atoms with Crippen molar-refractivity contribution in [3.8, 4) is 0 Å². The smallest absolute Gasteiger partial charge is 0.335 e. The van der Waals surface area contributed by atoms with Crippen molar-refractivity contribution in [3.63, 3.8) is 0 Å². The summed E-state index contributed by atoms with van der Waals surface area (Å²) in [6.07, 6.45) is 1.04. The van der Waals surface area contributed by atoms with Gasteiger partial charge in [-0.2, -0.15) is 0 Å². The van der Waals surface area contributed by atoms with E-state index in [-0.39, 0.29) is 17.4 Å². The molecule has 0 saturated carbocycles. The Labute approximate surface area is 164 Å². The fourth-order valence-electron chi connectivity index (χ4n) is 3.22. The van der Waals surface area contributed by atoms with Crippen LogP contribution in [0.5, 0.6) is 0 Å². The number of carbonyl (C=O) groups excluding carboxylic acids is 1. The van der Waals surface area contributed by atoms with E-state index >= 15 is 0 Å². The normalized spacial score (nSPS) is 10.6. The number of carboxylic acid groups (broad SMARTS) is 1. The van der Waals surface area contributed by atoms with E-state index in [9.17, 15) is 9.59 Å². The first-order chi connectivity index (χ1) is 13.6. The summed E-state index contributed by atoms with van der Waals surface area (Å²) in [6.45, 7) is 0.515. The lowest BCUT2D eigenvalue weighted by molar-refractivity contribution is -0.121. The second kappa shape index (κ2) is 9.51. The Hall–Kier alpha value is -3.40. The molecule has 0 aliphatic heterocycles. The molecule has 4 heteroatoms. The first-order valence-electron chi connectivity index (χ1n) is 9.32. The summed E-state index contributed by atoms with van der Waals surface area (Å²) in [4.78, 5) is 23.4. The van der Waals surface area contributed by atoms with Crippen LogP contribution in [0.25, 0.3) is 0 Å². The van der Waals surface area contributed by atoms with Crippen molar-refractivity contribution < 1.29 is 14.7 Å². The number of hydrogen-bond donors (Lipinski definition) is 2. The molecular weight excluding hydrogens is 350 g/mol. The van der Waals surface area contributed by atoms with Crippen molar-refractivity contribution in [2.45, 2.75) is 18.8 Å². The van der Waals surface area contributed by atoms with Crippen molar-refractivity contribution in [2.75, 3.05) is 6.54 Å². The van der Waals surface area contributed by atoms with Crippen molar-refractivity contribution in [1.29, 1.82) is 0 Å². The zero-order valence-electron chi connectivity index (χ0n) is 15.5. The first kappa shape index (κ1) is 19.4. The maximum absolute atomic E-state index is 12.5. The van der Waals surface area contributed by atoms with Crippen LogP contribution in [0.4, 0.5) is 0 Å². The molecule has 28 heavy (non-hydrogen) atoms. The number of carboxylic acids is 1. The van der Waals surface area contributed by atoms with Crippen LogP contribution in [0, 0.1) is 0 Å². The Morgan fingerprint density at radius 2 is 1.32 bits per heavy atom. The Morgan fingerprint density at radius 1 is 0.786 bits per heavy atom. The van der Waals surface area contributed by atoms with E-state index in [1.54, 1.807) is 24.3 Å². The molecule has 0 spiro atoms. The number of carbonyl (C=O) groups is 2. The highest BCUT2D eigenvalue weighted by Crippen LogP contribution is 2.27. The average molecular weight is 373 g/mol. The fourth-order valence-corrected chi connectivity index (χ4v) is 3.22. The number of rotatable bonds is 8. The van der Waals surface area contributed by atoms with Crippen molar-refractivity contribution in [1.82, 2.24) is 5.32 Å². The minimum absolute atomic E-state index is 0.000128. The SMILES string of the molecule is O=C(CC(c1ccccc1)c1ccccc1)NCCc1ccc(C(=O)O)cc1. The molecule has 0 atom stereocenters. The molecular formula is C24H23NO3. The lowest BCUT2D eigenvalue weighted by Gasteiger charge is -2.18. The van der Waals surface area contributed by atoms with Gasteiger partial charge in [-0.25, -0.2) is 4.79 Å². The van der Waals surface area contributed by atoms with Gasteiger partial charge in [0.05, 0.1) is 5.56 Å². The summed E-state index contributed by atoms with van der Waals surface area (Å²) in [6, 6.07) is 26.8. The summed E-state index contributed by atoms with van der Waals surface area (Å²) in [7, 11) is 0. The summed E-state index contributed by atoms with van der Waals surface area (Å²) in [5.41, 5.74) is 3.50. The van der Waals surface area contributed by atoms with E-state index < -0.39 is 5.97 Å². The minimum Gasteiger partial charge on any atom is -0.478 e. The van der Waals surface area contributed by atoms with Gasteiger partial charge in [0, 0.05) is 18.9 Å². The highest BCUT2D eigenvalue weighted by molar-refractivity contribution is 5.87.